The number of rotatable bonds is 3. The molecule has 0 aliphatic carbocycles. The molecular formula is C16H20N4O4S. The molecule has 2 aliphatic heterocycles. The van der Waals surface area contributed by atoms with Gasteiger partial charge in [-0.05, 0) is 31.3 Å². The summed E-state index contributed by atoms with van der Waals surface area (Å²) >= 11 is 4.99. The van der Waals surface area contributed by atoms with Crippen molar-refractivity contribution >= 4 is 34.8 Å². The molecule has 0 aromatic heterocycles. The van der Waals surface area contributed by atoms with Crippen LogP contribution in [0.15, 0.2) is 18.2 Å². The second-order valence-electron chi connectivity index (χ2n) is 5.71. The van der Waals surface area contributed by atoms with Crippen molar-refractivity contribution < 1.29 is 19.1 Å². The van der Waals surface area contributed by atoms with Gasteiger partial charge in [0, 0.05) is 31.3 Å². The SMILES string of the molecule is CCNC(=S)NNC(=O)[C@H]1CC(=O)N(c2ccc3c(c2)OCCO3)C1. The molecular weight excluding hydrogens is 344 g/mol. The average molecular weight is 364 g/mol. The van der Waals surface area contributed by atoms with E-state index in [1.165, 1.54) is 0 Å². The van der Waals surface area contributed by atoms with Crippen LogP contribution < -0.4 is 30.5 Å². The van der Waals surface area contributed by atoms with Crippen molar-refractivity contribution in [1.82, 2.24) is 16.2 Å². The molecule has 0 radical (unpaired) electrons. The van der Waals surface area contributed by atoms with E-state index in [9.17, 15) is 9.59 Å². The van der Waals surface area contributed by atoms with Crippen LogP contribution >= 0.6 is 12.2 Å². The first-order valence-electron chi connectivity index (χ1n) is 8.12. The number of fused-ring (bicyclic) bond motifs is 1. The lowest BCUT2D eigenvalue weighted by atomic mass is 10.1. The fourth-order valence-corrected chi connectivity index (χ4v) is 2.95. The molecule has 3 N–H and O–H groups in total. The molecule has 0 bridgehead atoms. The van der Waals surface area contributed by atoms with E-state index in [1.807, 2.05) is 6.92 Å². The molecule has 8 nitrogen and oxygen atoms in total. The number of anilines is 1. The van der Waals surface area contributed by atoms with E-state index in [0.29, 0.717) is 48.6 Å². The van der Waals surface area contributed by atoms with Crippen molar-refractivity contribution in [2.24, 2.45) is 5.92 Å². The highest BCUT2D eigenvalue weighted by molar-refractivity contribution is 7.80. The Morgan fingerprint density at radius 1 is 1.28 bits per heavy atom. The van der Waals surface area contributed by atoms with Gasteiger partial charge in [0.25, 0.3) is 0 Å². The molecule has 1 aromatic rings. The Morgan fingerprint density at radius 2 is 2.04 bits per heavy atom. The van der Waals surface area contributed by atoms with E-state index in [4.69, 9.17) is 21.7 Å². The Kier molecular flexibility index (Phi) is 5.22. The van der Waals surface area contributed by atoms with E-state index in [2.05, 4.69) is 16.2 Å². The number of benzene rings is 1. The van der Waals surface area contributed by atoms with Gasteiger partial charge >= 0.3 is 0 Å². The first kappa shape index (κ1) is 17.3. The van der Waals surface area contributed by atoms with Gasteiger partial charge in [0.15, 0.2) is 16.6 Å². The predicted octanol–water partition coefficient (Wildman–Crippen LogP) is 0.326. The molecule has 0 saturated carbocycles. The van der Waals surface area contributed by atoms with Crippen LogP contribution in [0.25, 0.3) is 0 Å². The van der Waals surface area contributed by atoms with Crippen LogP contribution in [0.5, 0.6) is 11.5 Å². The fourth-order valence-electron chi connectivity index (χ4n) is 2.76. The number of hydrogen-bond donors (Lipinski definition) is 3. The number of thiocarbonyl (C=S) groups is 1. The molecule has 1 saturated heterocycles. The Hall–Kier alpha value is -2.55. The number of ether oxygens (including phenoxy) is 2. The van der Waals surface area contributed by atoms with Crippen molar-refractivity contribution in [2.75, 3.05) is 31.2 Å². The second-order valence-corrected chi connectivity index (χ2v) is 6.12. The number of carbonyl (C=O) groups excluding carboxylic acids is 2. The highest BCUT2D eigenvalue weighted by atomic mass is 32.1. The molecule has 2 aliphatic rings. The van der Waals surface area contributed by atoms with Gasteiger partial charge in [-0.15, -0.1) is 0 Å². The van der Waals surface area contributed by atoms with Crippen LogP contribution in [0.4, 0.5) is 5.69 Å². The monoisotopic (exact) mass is 364 g/mol. The smallest absolute Gasteiger partial charge is 0.243 e. The predicted molar refractivity (Wildman–Crippen MR) is 95.4 cm³/mol. The minimum atomic E-state index is -0.447. The minimum absolute atomic E-state index is 0.105. The van der Waals surface area contributed by atoms with E-state index < -0.39 is 5.92 Å². The van der Waals surface area contributed by atoms with E-state index >= 15 is 0 Å². The third-order valence-electron chi connectivity index (χ3n) is 3.97. The highest BCUT2D eigenvalue weighted by Gasteiger charge is 2.35. The molecule has 0 unspecified atom stereocenters. The second kappa shape index (κ2) is 7.56. The molecule has 1 aromatic carbocycles. The summed E-state index contributed by atoms with van der Waals surface area (Å²) < 4.78 is 11.0. The summed E-state index contributed by atoms with van der Waals surface area (Å²) in [5.74, 6) is 0.455. The average Bonchev–Trinajstić information content (AvgIpc) is 3.01. The normalized spacial score (nSPS) is 18.7. The molecule has 134 valence electrons. The largest absolute Gasteiger partial charge is 0.486 e. The summed E-state index contributed by atoms with van der Waals surface area (Å²) in [6, 6.07) is 5.34. The molecule has 2 heterocycles. The molecule has 2 amide bonds. The standard InChI is InChI=1S/C16H20N4O4S/c1-2-17-16(25)19-18-15(22)10-7-14(21)20(9-10)11-3-4-12-13(8-11)24-6-5-23-12/h3-4,8,10H,2,5-7,9H2,1H3,(H,18,22)(H2,17,19,25)/t10-/m0/s1. The van der Waals surface area contributed by atoms with E-state index in [0.717, 1.165) is 0 Å². The molecule has 0 spiro atoms. The Balaban J connectivity index is 1.62. The van der Waals surface area contributed by atoms with Gasteiger partial charge in [-0.2, -0.15) is 0 Å². The highest BCUT2D eigenvalue weighted by Crippen LogP contribution is 2.35. The fraction of sp³-hybridized carbons (Fsp3) is 0.438. The summed E-state index contributed by atoms with van der Waals surface area (Å²) in [5, 5.41) is 3.20. The van der Waals surface area contributed by atoms with Crippen LogP contribution in [0.2, 0.25) is 0 Å². The maximum absolute atomic E-state index is 12.3. The summed E-state index contributed by atoms with van der Waals surface area (Å²) in [5.41, 5.74) is 5.86. The Morgan fingerprint density at radius 3 is 2.80 bits per heavy atom. The summed E-state index contributed by atoms with van der Waals surface area (Å²) in [6.07, 6.45) is 0.149. The zero-order valence-electron chi connectivity index (χ0n) is 13.8. The zero-order valence-corrected chi connectivity index (χ0v) is 14.6. The minimum Gasteiger partial charge on any atom is -0.486 e. The van der Waals surface area contributed by atoms with Crippen molar-refractivity contribution in [2.45, 2.75) is 13.3 Å². The molecule has 1 atom stereocenters. The van der Waals surface area contributed by atoms with Gasteiger partial charge in [-0.3, -0.25) is 20.4 Å². The first-order valence-corrected chi connectivity index (χ1v) is 8.53. The van der Waals surface area contributed by atoms with Crippen LogP contribution in [-0.2, 0) is 9.59 Å². The van der Waals surface area contributed by atoms with Crippen LogP contribution in [0.1, 0.15) is 13.3 Å². The first-order chi connectivity index (χ1) is 12.1. The zero-order chi connectivity index (χ0) is 17.8. The maximum atomic E-state index is 12.3. The summed E-state index contributed by atoms with van der Waals surface area (Å²) in [7, 11) is 0. The van der Waals surface area contributed by atoms with Gasteiger partial charge in [0.1, 0.15) is 13.2 Å². The van der Waals surface area contributed by atoms with Crippen molar-refractivity contribution in [1.29, 1.82) is 0 Å². The van der Waals surface area contributed by atoms with Gasteiger partial charge < -0.3 is 19.7 Å². The number of nitrogens with zero attached hydrogens (tertiary/aromatic N) is 1. The lowest BCUT2D eigenvalue weighted by Gasteiger charge is -2.22. The lowest BCUT2D eigenvalue weighted by molar-refractivity contribution is -0.126. The van der Waals surface area contributed by atoms with E-state index in [1.54, 1.807) is 23.1 Å². The number of nitrogens with one attached hydrogen (secondary N) is 3. The van der Waals surface area contributed by atoms with Gasteiger partial charge in [0.2, 0.25) is 11.8 Å². The summed E-state index contributed by atoms with van der Waals surface area (Å²) in [6.45, 7) is 3.85. The summed E-state index contributed by atoms with van der Waals surface area (Å²) in [4.78, 5) is 26.1. The number of hydrazine groups is 1. The number of amides is 2. The maximum Gasteiger partial charge on any atom is 0.243 e. The van der Waals surface area contributed by atoms with E-state index in [-0.39, 0.29) is 18.2 Å². The van der Waals surface area contributed by atoms with Gasteiger partial charge in [-0.1, -0.05) is 0 Å². The molecule has 1 fully saturated rings. The Bertz CT molecular complexity index is 697. The number of carbonyl (C=O) groups is 2. The van der Waals surface area contributed by atoms with Crippen molar-refractivity contribution in [3.8, 4) is 11.5 Å². The Labute approximate surface area is 150 Å². The van der Waals surface area contributed by atoms with Crippen LogP contribution in [-0.4, -0.2) is 43.2 Å². The van der Waals surface area contributed by atoms with Crippen molar-refractivity contribution in [3.05, 3.63) is 18.2 Å². The van der Waals surface area contributed by atoms with Gasteiger partial charge in [-0.25, -0.2) is 0 Å². The van der Waals surface area contributed by atoms with Crippen LogP contribution in [0.3, 0.4) is 0 Å². The van der Waals surface area contributed by atoms with Crippen LogP contribution in [0, 0.1) is 5.92 Å². The molecule has 25 heavy (non-hydrogen) atoms. The quantitative estimate of drug-likeness (QED) is 0.526. The topological polar surface area (TPSA) is 91.9 Å². The molecule has 9 heteroatoms. The third-order valence-corrected chi connectivity index (χ3v) is 4.22. The lowest BCUT2D eigenvalue weighted by Crippen LogP contribution is -2.49. The van der Waals surface area contributed by atoms with Crippen molar-refractivity contribution in [3.63, 3.8) is 0 Å². The molecule has 3 rings (SSSR count). The number of hydrogen-bond acceptors (Lipinski definition) is 5. The third kappa shape index (κ3) is 3.93. The van der Waals surface area contributed by atoms with Gasteiger partial charge in [0.05, 0.1) is 5.92 Å².